The molecular formula is C14H20ClFN2O. The van der Waals surface area contributed by atoms with E-state index in [4.69, 9.17) is 11.6 Å². The largest absolute Gasteiger partial charge is 0.370 e. The van der Waals surface area contributed by atoms with Gasteiger partial charge >= 0.3 is 0 Å². The molecule has 19 heavy (non-hydrogen) atoms. The van der Waals surface area contributed by atoms with Gasteiger partial charge in [-0.2, -0.15) is 0 Å². The lowest BCUT2D eigenvalue weighted by molar-refractivity contribution is -0.121. The van der Waals surface area contributed by atoms with Crippen LogP contribution in [-0.4, -0.2) is 18.5 Å². The Labute approximate surface area is 118 Å². The Balaban J connectivity index is 2.54. The fourth-order valence-corrected chi connectivity index (χ4v) is 1.77. The third-order valence-electron chi connectivity index (χ3n) is 2.74. The number of anilines is 1. The molecule has 0 bridgehead atoms. The number of hydrogen-bond donors (Lipinski definition) is 2. The van der Waals surface area contributed by atoms with Gasteiger partial charge in [-0.25, -0.2) is 4.39 Å². The van der Waals surface area contributed by atoms with Gasteiger partial charge in [0.15, 0.2) is 0 Å². The monoisotopic (exact) mass is 286 g/mol. The summed E-state index contributed by atoms with van der Waals surface area (Å²) in [6.45, 7) is 6.47. The fraction of sp³-hybridized carbons (Fsp3) is 0.500. The zero-order chi connectivity index (χ0) is 14.4. The highest BCUT2D eigenvalue weighted by Crippen LogP contribution is 2.25. The predicted molar refractivity (Wildman–Crippen MR) is 77.0 cm³/mol. The van der Waals surface area contributed by atoms with E-state index in [9.17, 15) is 9.18 Å². The first-order valence-corrected chi connectivity index (χ1v) is 6.78. The minimum atomic E-state index is -0.540. The maximum atomic E-state index is 13.6. The van der Waals surface area contributed by atoms with Crippen LogP contribution in [0.4, 0.5) is 10.1 Å². The maximum absolute atomic E-state index is 13.6. The van der Waals surface area contributed by atoms with Gasteiger partial charge in [0.1, 0.15) is 11.9 Å². The molecule has 0 spiro atoms. The molecule has 0 aliphatic carbocycles. The minimum absolute atomic E-state index is 0.163. The fourth-order valence-electron chi connectivity index (χ4n) is 1.55. The Morgan fingerprint density at radius 3 is 2.63 bits per heavy atom. The van der Waals surface area contributed by atoms with E-state index >= 15 is 0 Å². The van der Waals surface area contributed by atoms with Crippen molar-refractivity contribution in [2.75, 3.05) is 11.9 Å². The molecule has 1 amide bonds. The molecule has 0 fully saturated rings. The molecule has 2 N–H and O–H groups in total. The summed E-state index contributed by atoms with van der Waals surface area (Å²) in [4.78, 5) is 11.8. The van der Waals surface area contributed by atoms with E-state index in [-0.39, 0.29) is 16.6 Å². The standard InChI is InChI=1S/C14H20ClFN2O/c1-9(2)7-8-17-14(19)10(3)18-13-11(15)5-4-6-12(13)16/h4-6,9-10,18H,7-8H2,1-3H3,(H,17,19). The van der Waals surface area contributed by atoms with Crippen molar-refractivity contribution in [1.29, 1.82) is 0 Å². The average Bonchev–Trinajstić information content (AvgIpc) is 2.33. The van der Waals surface area contributed by atoms with E-state index in [0.717, 1.165) is 6.42 Å². The van der Waals surface area contributed by atoms with Crippen LogP contribution in [0.15, 0.2) is 18.2 Å². The zero-order valence-electron chi connectivity index (χ0n) is 11.5. The van der Waals surface area contributed by atoms with Crippen LogP contribution < -0.4 is 10.6 Å². The lowest BCUT2D eigenvalue weighted by Crippen LogP contribution is -2.38. The van der Waals surface area contributed by atoms with Crippen molar-refractivity contribution in [2.45, 2.75) is 33.2 Å². The number of halogens is 2. The van der Waals surface area contributed by atoms with E-state index in [1.165, 1.54) is 12.1 Å². The van der Waals surface area contributed by atoms with Gasteiger partial charge in [-0.1, -0.05) is 31.5 Å². The average molecular weight is 287 g/mol. The Morgan fingerprint density at radius 2 is 2.05 bits per heavy atom. The molecule has 1 atom stereocenters. The molecule has 1 aromatic rings. The molecule has 0 aromatic heterocycles. The van der Waals surface area contributed by atoms with Gasteiger partial charge in [0.25, 0.3) is 0 Å². The molecule has 0 aliphatic rings. The molecule has 0 saturated heterocycles. The van der Waals surface area contributed by atoms with E-state index in [1.54, 1.807) is 13.0 Å². The molecule has 3 nitrogen and oxygen atoms in total. The molecule has 0 radical (unpaired) electrons. The molecule has 1 unspecified atom stereocenters. The lowest BCUT2D eigenvalue weighted by Gasteiger charge is -2.17. The van der Waals surface area contributed by atoms with Crippen molar-refractivity contribution in [3.05, 3.63) is 29.0 Å². The summed E-state index contributed by atoms with van der Waals surface area (Å²) in [5.41, 5.74) is 0.163. The van der Waals surface area contributed by atoms with E-state index in [0.29, 0.717) is 12.5 Å². The Hall–Kier alpha value is -1.29. The molecule has 0 aliphatic heterocycles. The second-order valence-electron chi connectivity index (χ2n) is 4.94. The summed E-state index contributed by atoms with van der Waals surface area (Å²) in [6, 6.07) is 3.87. The van der Waals surface area contributed by atoms with Gasteiger partial charge in [0.05, 0.1) is 10.7 Å². The maximum Gasteiger partial charge on any atom is 0.242 e. The van der Waals surface area contributed by atoms with Crippen molar-refractivity contribution >= 4 is 23.2 Å². The van der Waals surface area contributed by atoms with Crippen LogP contribution in [-0.2, 0) is 4.79 Å². The Bertz CT molecular complexity index is 417. The molecule has 0 heterocycles. The summed E-state index contributed by atoms with van der Waals surface area (Å²) in [6.07, 6.45) is 0.916. The number of para-hydroxylation sites is 1. The Kier molecular flexibility index (Phi) is 6.09. The third-order valence-corrected chi connectivity index (χ3v) is 3.05. The SMILES string of the molecule is CC(C)CCNC(=O)C(C)Nc1c(F)cccc1Cl. The van der Waals surface area contributed by atoms with Gasteiger partial charge in [0.2, 0.25) is 5.91 Å². The van der Waals surface area contributed by atoms with Crippen LogP contribution in [0.3, 0.4) is 0 Å². The van der Waals surface area contributed by atoms with Crippen LogP contribution in [0, 0.1) is 11.7 Å². The first kappa shape index (κ1) is 15.8. The van der Waals surface area contributed by atoms with Crippen LogP contribution in [0.5, 0.6) is 0 Å². The van der Waals surface area contributed by atoms with Crippen molar-refractivity contribution in [2.24, 2.45) is 5.92 Å². The smallest absolute Gasteiger partial charge is 0.242 e. The zero-order valence-corrected chi connectivity index (χ0v) is 12.2. The first-order chi connectivity index (χ1) is 8.91. The number of amides is 1. The second kappa shape index (κ2) is 7.34. The summed E-state index contributed by atoms with van der Waals surface area (Å²) >= 11 is 5.89. The summed E-state index contributed by atoms with van der Waals surface area (Å²) in [5.74, 6) is -0.0983. The van der Waals surface area contributed by atoms with Crippen LogP contribution in [0.1, 0.15) is 27.2 Å². The van der Waals surface area contributed by atoms with Crippen molar-refractivity contribution in [3.8, 4) is 0 Å². The first-order valence-electron chi connectivity index (χ1n) is 6.40. The molecule has 1 aromatic carbocycles. The van der Waals surface area contributed by atoms with Gasteiger partial charge in [-0.05, 0) is 31.4 Å². The van der Waals surface area contributed by atoms with Crippen LogP contribution in [0.2, 0.25) is 5.02 Å². The molecule has 1 rings (SSSR count). The minimum Gasteiger partial charge on any atom is -0.370 e. The van der Waals surface area contributed by atoms with Crippen LogP contribution >= 0.6 is 11.6 Å². The second-order valence-corrected chi connectivity index (χ2v) is 5.34. The predicted octanol–water partition coefficient (Wildman–Crippen LogP) is 3.44. The summed E-state index contributed by atoms with van der Waals surface area (Å²) in [7, 11) is 0. The van der Waals surface area contributed by atoms with Crippen molar-refractivity contribution in [1.82, 2.24) is 5.32 Å². The van der Waals surface area contributed by atoms with Gasteiger partial charge in [-0.3, -0.25) is 4.79 Å². The quantitative estimate of drug-likeness (QED) is 0.841. The highest BCUT2D eigenvalue weighted by molar-refractivity contribution is 6.33. The highest BCUT2D eigenvalue weighted by Gasteiger charge is 2.15. The topological polar surface area (TPSA) is 41.1 Å². The third kappa shape index (κ3) is 5.07. The number of benzene rings is 1. The van der Waals surface area contributed by atoms with Crippen LogP contribution in [0.25, 0.3) is 0 Å². The lowest BCUT2D eigenvalue weighted by atomic mass is 10.1. The molecular weight excluding hydrogens is 267 g/mol. The Morgan fingerprint density at radius 1 is 1.37 bits per heavy atom. The number of nitrogens with one attached hydrogen (secondary N) is 2. The van der Waals surface area contributed by atoms with Gasteiger partial charge < -0.3 is 10.6 Å². The summed E-state index contributed by atoms with van der Waals surface area (Å²) < 4.78 is 13.6. The molecule has 5 heteroatoms. The number of carbonyl (C=O) groups excluding carboxylic acids is 1. The number of carbonyl (C=O) groups is 1. The molecule has 0 saturated carbocycles. The van der Waals surface area contributed by atoms with E-state index < -0.39 is 11.9 Å². The van der Waals surface area contributed by atoms with Gasteiger partial charge in [-0.15, -0.1) is 0 Å². The van der Waals surface area contributed by atoms with Gasteiger partial charge in [0, 0.05) is 6.54 Å². The molecule has 106 valence electrons. The normalized spacial score (nSPS) is 12.3. The summed E-state index contributed by atoms with van der Waals surface area (Å²) in [5, 5.41) is 5.87. The van der Waals surface area contributed by atoms with Crippen molar-refractivity contribution in [3.63, 3.8) is 0 Å². The van der Waals surface area contributed by atoms with E-state index in [2.05, 4.69) is 24.5 Å². The number of rotatable bonds is 6. The van der Waals surface area contributed by atoms with E-state index in [1.807, 2.05) is 0 Å². The van der Waals surface area contributed by atoms with Crippen molar-refractivity contribution < 1.29 is 9.18 Å². The number of hydrogen-bond acceptors (Lipinski definition) is 2. The highest BCUT2D eigenvalue weighted by atomic mass is 35.5.